The van der Waals surface area contributed by atoms with Crippen LogP contribution >= 0.6 is 0 Å². The van der Waals surface area contributed by atoms with Crippen LogP contribution in [0.4, 0.5) is 5.82 Å². The first-order valence-corrected chi connectivity index (χ1v) is 6.13. The van der Waals surface area contributed by atoms with E-state index in [9.17, 15) is 0 Å². The van der Waals surface area contributed by atoms with Crippen molar-refractivity contribution < 1.29 is 4.74 Å². The number of amidine groups is 1. The lowest BCUT2D eigenvalue weighted by molar-refractivity contribution is 0.0685. The molecule has 0 bridgehead atoms. The Morgan fingerprint density at radius 1 is 1.56 bits per heavy atom. The number of nitrogens with two attached hydrogens (primary N) is 1. The van der Waals surface area contributed by atoms with E-state index in [1.54, 1.807) is 12.3 Å². The number of nitrogens with zero attached hydrogens (tertiary/aromatic N) is 3. The van der Waals surface area contributed by atoms with Crippen molar-refractivity contribution in [1.29, 1.82) is 5.41 Å². The molecule has 18 heavy (non-hydrogen) atoms. The van der Waals surface area contributed by atoms with Crippen LogP contribution in [0.3, 0.4) is 0 Å². The van der Waals surface area contributed by atoms with Gasteiger partial charge in [-0.2, -0.15) is 5.10 Å². The summed E-state index contributed by atoms with van der Waals surface area (Å²) >= 11 is 0. The second-order valence-electron chi connectivity index (χ2n) is 4.62. The van der Waals surface area contributed by atoms with Crippen LogP contribution in [0.5, 0.6) is 0 Å². The quantitative estimate of drug-likeness (QED) is 0.603. The highest BCUT2D eigenvalue weighted by molar-refractivity contribution is 5.99. The minimum atomic E-state index is 0.0266. The van der Waals surface area contributed by atoms with Crippen LogP contribution in [-0.4, -0.2) is 42.8 Å². The lowest BCUT2D eigenvalue weighted by Crippen LogP contribution is -2.31. The van der Waals surface area contributed by atoms with Crippen LogP contribution in [0.25, 0.3) is 0 Å². The third-order valence-electron chi connectivity index (χ3n) is 3.23. The Balaban J connectivity index is 2.08. The lowest BCUT2D eigenvalue weighted by Gasteiger charge is -2.28. The molecule has 1 aromatic heterocycles. The molecule has 6 nitrogen and oxygen atoms in total. The summed E-state index contributed by atoms with van der Waals surface area (Å²) < 4.78 is 5.35. The van der Waals surface area contributed by atoms with Gasteiger partial charge >= 0.3 is 0 Å². The molecule has 0 unspecified atom stereocenters. The van der Waals surface area contributed by atoms with E-state index in [2.05, 4.69) is 10.2 Å². The highest BCUT2D eigenvalue weighted by Gasteiger charge is 2.18. The maximum Gasteiger partial charge on any atom is 0.162 e. The third kappa shape index (κ3) is 2.95. The second kappa shape index (κ2) is 5.77. The number of hydrogen-bond donors (Lipinski definition) is 2. The zero-order chi connectivity index (χ0) is 13.0. The average molecular weight is 249 g/mol. The molecule has 2 rings (SSSR count). The summed E-state index contributed by atoms with van der Waals surface area (Å²) in [6.07, 6.45) is 3.70. The van der Waals surface area contributed by atoms with Gasteiger partial charge in [0.05, 0.1) is 11.8 Å². The molecule has 0 spiro atoms. The van der Waals surface area contributed by atoms with E-state index in [1.807, 2.05) is 11.9 Å². The molecule has 0 atom stereocenters. The van der Waals surface area contributed by atoms with E-state index in [0.29, 0.717) is 17.3 Å². The lowest BCUT2D eigenvalue weighted by atomic mass is 10.00. The Hall–Kier alpha value is -1.69. The van der Waals surface area contributed by atoms with Crippen LogP contribution < -0.4 is 10.6 Å². The maximum atomic E-state index is 7.55. The molecule has 1 aromatic rings. The van der Waals surface area contributed by atoms with Crippen LogP contribution in [0.15, 0.2) is 12.3 Å². The number of ether oxygens (including phenoxy) is 1. The van der Waals surface area contributed by atoms with Gasteiger partial charge in [0.15, 0.2) is 5.82 Å². The number of hydrogen-bond acceptors (Lipinski definition) is 5. The number of anilines is 1. The molecule has 1 aliphatic rings. The molecule has 0 aliphatic carbocycles. The summed E-state index contributed by atoms with van der Waals surface area (Å²) in [6, 6.07) is 1.73. The molecule has 1 aliphatic heterocycles. The normalized spacial score (nSPS) is 16.5. The van der Waals surface area contributed by atoms with Gasteiger partial charge in [-0.25, -0.2) is 0 Å². The van der Waals surface area contributed by atoms with Gasteiger partial charge < -0.3 is 15.4 Å². The minimum absolute atomic E-state index is 0.0266. The number of nitrogen functional groups attached to an aromatic ring is 1. The van der Waals surface area contributed by atoms with E-state index in [-0.39, 0.29) is 5.84 Å². The van der Waals surface area contributed by atoms with Gasteiger partial charge in [0.2, 0.25) is 0 Å². The number of nitrogens with one attached hydrogen (secondary N) is 1. The fourth-order valence-corrected chi connectivity index (χ4v) is 2.22. The first kappa shape index (κ1) is 12.8. The molecule has 0 saturated carbocycles. The minimum Gasteiger partial charge on any atom is -0.384 e. The number of rotatable bonds is 4. The van der Waals surface area contributed by atoms with Crippen molar-refractivity contribution in [2.45, 2.75) is 12.8 Å². The van der Waals surface area contributed by atoms with Crippen molar-refractivity contribution in [3.8, 4) is 0 Å². The fraction of sp³-hybridized carbons (Fsp3) is 0.583. The van der Waals surface area contributed by atoms with E-state index in [0.717, 1.165) is 32.6 Å². The summed E-state index contributed by atoms with van der Waals surface area (Å²) in [6.45, 7) is 2.55. The highest BCUT2D eigenvalue weighted by Crippen LogP contribution is 2.20. The Kier molecular flexibility index (Phi) is 4.09. The zero-order valence-electron chi connectivity index (χ0n) is 10.6. The molecule has 6 heteroatoms. The molecular formula is C12H19N5O. The number of aromatic nitrogens is 2. The van der Waals surface area contributed by atoms with E-state index in [4.69, 9.17) is 15.9 Å². The molecule has 1 saturated heterocycles. The van der Waals surface area contributed by atoms with E-state index in [1.165, 1.54) is 0 Å². The van der Waals surface area contributed by atoms with Gasteiger partial charge in [-0.15, -0.1) is 5.10 Å². The van der Waals surface area contributed by atoms with Crippen molar-refractivity contribution in [3.05, 3.63) is 17.8 Å². The standard InChI is InChI=1S/C12H19N5O/c1-17(8-9-3-6-18-7-4-9)12-10(11(13)14)2-5-15-16-12/h2,5,9H,3-4,6-8H2,1H3,(H3,13,14). The van der Waals surface area contributed by atoms with Crippen molar-refractivity contribution >= 4 is 11.7 Å². The summed E-state index contributed by atoms with van der Waals surface area (Å²) in [5.74, 6) is 1.31. The van der Waals surface area contributed by atoms with Gasteiger partial charge in [-0.3, -0.25) is 5.41 Å². The largest absolute Gasteiger partial charge is 0.384 e. The Bertz CT molecular complexity index is 417. The Morgan fingerprint density at radius 3 is 2.94 bits per heavy atom. The summed E-state index contributed by atoms with van der Waals surface area (Å²) in [5, 5.41) is 15.5. The van der Waals surface area contributed by atoms with Crippen molar-refractivity contribution in [2.75, 3.05) is 31.7 Å². The average Bonchev–Trinajstić information content (AvgIpc) is 2.40. The van der Waals surface area contributed by atoms with Crippen LogP contribution in [0.1, 0.15) is 18.4 Å². The highest BCUT2D eigenvalue weighted by atomic mass is 16.5. The molecule has 1 fully saturated rings. The van der Waals surface area contributed by atoms with Gasteiger partial charge in [0.25, 0.3) is 0 Å². The van der Waals surface area contributed by atoms with E-state index >= 15 is 0 Å². The predicted molar refractivity (Wildman–Crippen MR) is 69.9 cm³/mol. The predicted octanol–water partition coefficient (Wildman–Crippen LogP) is 0.623. The summed E-state index contributed by atoms with van der Waals surface area (Å²) in [7, 11) is 1.96. The van der Waals surface area contributed by atoms with Gasteiger partial charge in [0, 0.05) is 26.8 Å². The van der Waals surface area contributed by atoms with Gasteiger partial charge in [-0.1, -0.05) is 0 Å². The summed E-state index contributed by atoms with van der Waals surface area (Å²) in [4.78, 5) is 2.03. The van der Waals surface area contributed by atoms with Gasteiger partial charge in [0.1, 0.15) is 5.84 Å². The monoisotopic (exact) mass is 249 g/mol. The molecule has 0 amide bonds. The molecule has 98 valence electrons. The van der Waals surface area contributed by atoms with E-state index < -0.39 is 0 Å². The molecular weight excluding hydrogens is 230 g/mol. The zero-order valence-corrected chi connectivity index (χ0v) is 10.6. The fourth-order valence-electron chi connectivity index (χ4n) is 2.22. The van der Waals surface area contributed by atoms with Crippen LogP contribution in [-0.2, 0) is 4.74 Å². The molecule has 0 aromatic carbocycles. The first-order valence-electron chi connectivity index (χ1n) is 6.13. The van der Waals surface area contributed by atoms with Crippen LogP contribution in [0, 0.1) is 11.3 Å². The maximum absolute atomic E-state index is 7.55. The molecule has 0 radical (unpaired) electrons. The van der Waals surface area contributed by atoms with Gasteiger partial charge in [-0.05, 0) is 24.8 Å². The van der Waals surface area contributed by atoms with Crippen molar-refractivity contribution in [3.63, 3.8) is 0 Å². The Labute approximate surface area is 107 Å². The van der Waals surface area contributed by atoms with Crippen LogP contribution in [0.2, 0.25) is 0 Å². The first-order chi connectivity index (χ1) is 8.68. The Morgan fingerprint density at radius 2 is 2.28 bits per heavy atom. The smallest absolute Gasteiger partial charge is 0.162 e. The van der Waals surface area contributed by atoms with Crippen molar-refractivity contribution in [2.24, 2.45) is 11.7 Å². The van der Waals surface area contributed by atoms with Crippen molar-refractivity contribution in [1.82, 2.24) is 10.2 Å². The SMILES string of the molecule is CN(CC1CCOCC1)c1nnccc1C(=N)N. The second-order valence-corrected chi connectivity index (χ2v) is 4.62. The third-order valence-corrected chi connectivity index (χ3v) is 3.23. The molecule has 3 N–H and O–H groups in total. The molecule has 2 heterocycles. The summed E-state index contributed by atoms with van der Waals surface area (Å²) in [5.41, 5.74) is 6.19. The topological polar surface area (TPSA) is 88.1 Å².